The van der Waals surface area contributed by atoms with Crippen molar-refractivity contribution in [1.82, 2.24) is 51.3 Å². The van der Waals surface area contributed by atoms with E-state index in [0.29, 0.717) is 0 Å². The Bertz CT molecular complexity index is 1910. The van der Waals surface area contributed by atoms with Crippen LogP contribution in [0.4, 0.5) is 16.2 Å². The van der Waals surface area contributed by atoms with E-state index in [4.69, 9.17) is 39.0 Å². The molecule has 0 spiro atoms. The van der Waals surface area contributed by atoms with Crippen molar-refractivity contribution in [3.63, 3.8) is 0 Å². The molecule has 3 aliphatic heterocycles. The number of nitrogens with one attached hydrogen (secondary N) is 1. The molecule has 7 rings (SSSR count). The van der Waals surface area contributed by atoms with Crippen LogP contribution in [0.5, 0.6) is 0 Å². The van der Waals surface area contributed by atoms with Gasteiger partial charge in [-0.2, -0.15) is 4.98 Å². The van der Waals surface area contributed by atoms with Gasteiger partial charge in [-0.25, -0.2) is 33.5 Å². The molecule has 3 saturated heterocycles. The van der Waals surface area contributed by atoms with Crippen LogP contribution >= 0.6 is 15.6 Å². The number of anilines is 2. The molecule has 0 aliphatic carbocycles. The summed E-state index contributed by atoms with van der Waals surface area (Å²) in [5, 5.41) is 0. The summed E-state index contributed by atoms with van der Waals surface area (Å²) in [5.74, 6) is -0.215. The SMILES string of the molecule is N.N.Nc1nc2c(ncn2[C@@H]2O[C@@H]3COP(=O)(O)O[C@H]4[C@@H](F)[C@H](n5cnc6c(N)ncnc65)O[C@@H]4COP(=O)(O)O[C@@H]2C3)c(=O)[nH]1. The van der Waals surface area contributed by atoms with Crippen LogP contribution in [0.2, 0.25) is 0 Å². The maximum absolute atomic E-state index is 15.9. The van der Waals surface area contributed by atoms with Crippen LogP contribution in [0.3, 0.4) is 0 Å². The highest BCUT2D eigenvalue weighted by Crippen LogP contribution is 2.54. The number of aromatic amines is 1. The summed E-state index contributed by atoms with van der Waals surface area (Å²) in [7, 11) is -9.96. The van der Waals surface area contributed by atoms with Gasteiger partial charge in [0.2, 0.25) is 5.95 Å². The van der Waals surface area contributed by atoms with E-state index >= 15 is 4.39 Å². The molecule has 46 heavy (non-hydrogen) atoms. The van der Waals surface area contributed by atoms with Crippen molar-refractivity contribution in [2.45, 2.75) is 49.5 Å². The molecule has 0 radical (unpaired) electrons. The summed E-state index contributed by atoms with van der Waals surface area (Å²) in [5.41, 5.74) is 10.9. The molecular weight excluding hydrogens is 665 g/mol. The molecule has 26 heteroatoms. The van der Waals surface area contributed by atoms with Crippen molar-refractivity contribution in [3.05, 3.63) is 29.3 Å². The maximum atomic E-state index is 15.9. The Morgan fingerprint density at radius 3 is 2.33 bits per heavy atom. The van der Waals surface area contributed by atoms with Crippen molar-refractivity contribution < 1.29 is 50.9 Å². The molecule has 3 fully saturated rings. The van der Waals surface area contributed by atoms with E-state index in [9.17, 15) is 23.7 Å². The number of hydrogen-bond acceptors (Lipinski definition) is 18. The van der Waals surface area contributed by atoms with Crippen LogP contribution < -0.4 is 29.3 Å². The smallest absolute Gasteiger partial charge is 0.382 e. The molecule has 2 bridgehead atoms. The number of hydrogen-bond donors (Lipinski definition) is 7. The zero-order valence-corrected chi connectivity index (χ0v) is 25.2. The monoisotopic (exact) mass is 694 g/mol. The Hall–Kier alpha value is -3.51. The largest absolute Gasteiger partial charge is 0.472 e. The Kier molecular flexibility index (Phi) is 9.02. The topological polar surface area (TPSA) is 359 Å². The van der Waals surface area contributed by atoms with Crippen molar-refractivity contribution in [2.24, 2.45) is 0 Å². The molecule has 13 N–H and O–H groups in total. The zero-order chi connectivity index (χ0) is 31.0. The number of ether oxygens (including phenoxy) is 2. The van der Waals surface area contributed by atoms with Gasteiger partial charge in [0.1, 0.15) is 30.2 Å². The first-order valence-electron chi connectivity index (χ1n) is 12.8. The lowest BCUT2D eigenvalue weighted by atomic mass is 10.1. The van der Waals surface area contributed by atoms with E-state index < -0.39 is 77.5 Å². The molecule has 0 saturated carbocycles. The summed E-state index contributed by atoms with van der Waals surface area (Å²) in [4.78, 5) is 55.7. The van der Waals surface area contributed by atoms with Gasteiger partial charge in [-0.1, -0.05) is 0 Å². The fraction of sp³-hybridized carbons (Fsp3) is 0.500. The van der Waals surface area contributed by atoms with Crippen molar-refractivity contribution in [1.29, 1.82) is 0 Å². The van der Waals surface area contributed by atoms with Crippen LogP contribution in [0, 0.1) is 0 Å². The first kappa shape index (κ1) is 33.8. The summed E-state index contributed by atoms with van der Waals surface area (Å²) in [6, 6.07) is 0. The lowest BCUT2D eigenvalue weighted by molar-refractivity contribution is -0.0668. The Labute approximate surface area is 255 Å². The number of aromatic nitrogens is 8. The predicted molar refractivity (Wildman–Crippen MR) is 151 cm³/mol. The van der Waals surface area contributed by atoms with Gasteiger partial charge in [0.25, 0.3) is 5.56 Å². The van der Waals surface area contributed by atoms with Crippen LogP contribution in [0.1, 0.15) is 18.9 Å². The third kappa shape index (κ3) is 6.01. The number of fused-ring (bicyclic) bond motifs is 5. The van der Waals surface area contributed by atoms with Gasteiger partial charge in [0, 0.05) is 6.42 Å². The minimum atomic E-state index is -5.01. The van der Waals surface area contributed by atoms with Crippen LogP contribution in [-0.4, -0.2) is 92.6 Å². The van der Waals surface area contributed by atoms with E-state index in [2.05, 4.69) is 29.9 Å². The molecule has 3 aliphatic rings. The van der Waals surface area contributed by atoms with E-state index in [0.717, 1.165) is 10.9 Å². The van der Waals surface area contributed by atoms with Crippen LogP contribution in [0.15, 0.2) is 23.8 Å². The molecule has 9 atom stereocenters. The standard InChI is InChI=1S/C20H23FN10O11P2.2H3N/c21-10-13-9(40-19(10)30-5-26-11-14(22)24-4-25-15(11)30)3-38-43(33,34)41-8-1-7(2-37-44(35,36)42-13)39-18(8)31-6-27-12-16(31)28-20(23)29-17(12)32;;/h4-10,13,18-19H,1-3H2,(H,33,34)(H,35,36)(H2,22,24,25)(H3,23,28,29,32);2*1H3/t7-,8+,9+,10+,13+,18+,19+;;/m0../s1. The Morgan fingerprint density at radius 1 is 0.891 bits per heavy atom. The highest BCUT2D eigenvalue weighted by atomic mass is 31.2. The number of nitrogens with zero attached hydrogens (tertiary/aromatic N) is 7. The highest BCUT2D eigenvalue weighted by molar-refractivity contribution is 7.47. The first-order chi connectivity index (χ1) is 20.9. The van der Waals surface area contributed by atoms with E-state index in [1.54, 1.807) is 0 Å². The fourth-order valence-corrected chi connectivity index (χ4v) is 7.16. The summed E-state index contributed by atoms with van der Waals surface area (Å²) in [6.45, 7) is -1.42. The molecule has 4 aromatic rings. The number of phosphoric ester groups is 2. The van der Waals surface area contributed by atoms with Gasteiger partial charge in [-0.3, -0.25) is 37.0 Å². The number of nitrogens with two attached hydrogens (primary N) is 2. The van der Waals surface area contributed by atoms with E-state index in [1.165, 1.54) is 17.2 Å². The molecular formula is C20H29FN12O11P2. The number of halogens is 1. The third-order valence-electron chi connectivity index (χ3n) is 7.15. The second-order valence-corrected chi connectivity index (χ2v) is 12.8. The molecule has 0 amide bonds. The summed E-state index contributed by atoms with van der Waals surface area (Å²) < 4.78 is 76.9. The third-order valence-corrected chi connectivity index (χ3v) is 9.14. The minimum Gasteiger partial charge on any atom is -0.382 e. The first-order valence-corrected chi connectivity index (χ1v) is 15.8. The minimum absolute atomic E-state index is 0. The second-order valence-electron chi connectivity index (χ2n) is 9.99. The number of H-pyrrole nitrogens is 1. The molecule has 7 heterocycles. The van der Waals surface area contributed by atoms with Crippen molar-refractivity contribution >= 4 is 49.7 Å². The van der Waals surface area contributed by atoms with Crippen LogP contribution in [0.25, 0.3) is 22.3 Å². The number of phosphoric acid groups is 2. The Balaban J connectivity index is 0.00000208. The zero-order valence-electron chi connectivity index (χ0n) is 23.4. The number of alkyl halides is 1. The number of rotatable bonds is 2. The second kappa shape index (κ2) is 12.3. The molecule has 2 unspecified atom stereocenters. The van der Waals surface area contributed by atoms with Crippen molar-refractivity contribution in [3.8, 4) is 0 Å². The molecule has 252 valence electrons. The van der Waals surface area contributed by atoms with Gasteiger partial charge in [0.05, 0.1) is 32.0 Å². The van der Waals surface area contributed by atoms with Gasteiger partial charge < -0.3 is 43.0 Å². The van der Waals surface area contributed by atoms with Crippen molar-refractivity contribution in [2.75, 3.05) is 24.7 Å². The van der Waals surface area contributed by atoms with Crippen LogP contribution in [-0.2, 0) is 36.7 Å². The normalized spacial score (nSPS) is 35.0. The molecule has 0 aromatic carbocycles. The lowest BCUT2D eigenvalue weighted by Crippen LogP contribution is -2.34. The van der Waals surface area contributed by atoms with Gasteiger partial charge >= 0.3 is 15.6 Å². The number of nitrogen functional groups attached to an aromatic ring is 2. The summed E-state index contributed by atoms with van der Waals surface area (Å²) >= 11 is 0. The highest BCUT2D eigenvalue weighted by Gasteiger charge is 2.52. The lowest BCUT2D eigenvalue weighted by Gasteiger charge is -2.25. The van der Waals surface area contributed by atoms with Gasteiger partial charge in [-0.05, 0) is 0 Å². The quantitative estimate of drug-likeness (QED) is 0.136. The molecule has 4 aromatic heterocycles. The fourth-order valence-electron chi connectivity index (χ4n) is 5.26. The van der Waals surface area contributed by atoms with Gasteiger partial charge in [0.15, 0.2) is 41.3 Å². The summed E-state index contributed by atoms with van der Waals surface area (Å²) in [6.07, 6.45) is -7.26. The van der Waals surface area contributed by atoms with E-state index in [1.807, 2.05) is 0 Å². The maximum Gasteiger partial charge on any atom is 0.472 e. The van der Waals surface area contributed by atoms with E-state index in [-0.39, 0.29) is 52.8 Å². The Morgan fingerprint density at radius 2 is 1.57 bits per heavy atom. The number of imidazole rings is 2. The average Bonchev–Trinajstić information content (AvgIpc) is 3.72. The molecule has 23 nitrogen and oxygen atoms in total. The average molecular weight is 694 g/mol. The van der Waals surface area contributed by atoms with Gasteiger partial charge in [-0.15, -0.1) is 0 Å². The predicted octanol–water partition coefficient (Wildman–Crippen LogP) is -0.0111.